The second-order valence-electron chi connectivity index (χ2n) is 8.48. The van der Waals surface area contributed by atoms with Gasteiger partial charge in [-0.15, -0.1) is 0 Å². The minimum Gasteiger partial charge on any atom is -0.371 e. The van der Waals surface area contributed by atoms with Crippen molar-refractivity contribution >= 4 is 17.4 Å². The van der Waals surface area contributed by atoms with Crippen LogP contribution in [0.25, 0.3) is 0 Å². The van der Waals surface area contributed by atoms with Crippen LogP contribution in [0, 0.1) is 17.7 Å². The number of benzene rings is 1. The second-order valence-corrected chi connectivity index (χ2v) is 8.48. The number of hydrogen-bond donors (Lipinski definition) is 1. The Kier molecular flexibility index (Phi) is 6.53. The average Bonchev–Trinajstić information content (AvgIpc) is 3.26. The molecule has 1 amide bonds. The predicted octanol–water partition coefficient (Wildman–Crippen LogP) is 4.10. The number of anilines is 2. The Morgan fingerprint density at radius 1 is 1.06 bits per heavy atom. The summed E-state index contributed by atoms with van der Waals surface area (Å²) in [6.45, 7) is 2.79. The number of nitrogens with one attached hydrogen (secondary N) is 1. The van der Waals surface area contributed by atoms with E-state index in [9.17, 15) is 22.4 Å². The molecular formula is C23H26F4N4O. The zero-order valence-corrected chi connectivity index (χ0v) is 17.6. The first-order valence-corrected chi connectivity index (χ1v) is 10.9. The topological polar surface area (TPSA) is 48.5 Å². The van der Waals surface area contributed by atoms with Gasteiger partial charge in [-0.25, -0.2) is 9.37 Å². The summed E-state index contributed by atoms with van der Waals surface area (Å²) in [7, 11) is 0. The molecule has 5 nitrogen and oxygen atoms in total. The quantitative estimate of drug-likeness (QED) is 0.697. The van der Waals surface area contributed by atoms with Crippen LogP contribution in [0.15, 0.2) is 42.6 Å². The maximum atomic E-state index is 13.4. The molecule has 2 aromatic rings. The molecule has 1 N–H and O–H groups in total. The number of pyridine rings is 1. The zero-order chi connectivity index (χ0) is 22.7. The molecule has 4 rings (SSSR count). The molecule has 2 fully saturated rings. The SMILES string of the molecule is O=C(NCC1CCN(c2ccc(F)cc2)C1)C1CCCN(c2ncccc2C(F)(F)F)C1. The highest BCUT2D eigenvalue weighted by Crippen LogP contribution is 2.36. The third kappa shape index (κ3) is 5.14. The molecule has 1 aromatic heterocycles. The van der Waals surface area contributed by atoms with Crippen LogP contribution in [0.5, 0.6) is 0 Å². The normalized spacial score (nSPS) is 21.6. The molecule has 32 heavy (non-hydrogen) atoms. The number of alkyl halides is 3. The van der Waals surface area contributed by atoms with Gasteiger partial charge in [-0.1, -0.05) is 0 Å². The standard InChI is InChI=1S/C23H26F4N4O/c24-18-5-7-19(8-6-18)30-12-9-16(14-30)13-29-22(32)17-3-2-11-31(15-17)21-20(23(25,26)27)4-1-10-28-21/h1,4-8,10,16-17H,2-3,9,11-15H2,(H,29,32). The van der Waals surface area contributed by atoms with E-state index < -0.39 is 11.7 Å². The highest BCUT2D eigenvalue weighted by molar-refractivity contribution is 5.79. The van der Waals surface area contributed by atoms with Crippen LogP contribution in [0.1, 0.15) is 24.8 Å². The molecule has 0 aliphatic carbocycles. The molecule has 0 radical (unpaired) electrons. The van der Waals surface area contributed by atoms with Crippen molar-refractivity contribution < 1.29 is 22.4 Å². The van der Waals surface area contributed by atoms with E-state index in [-0.39, 0.29) is 35.9 Å². The lowest BCUT2D eigenvalue weighted by molar-refractivity contribution is -0.137. The lowest BCUT2D eigenvalue weighted by Crippen LogP contribution is -2.45. The molecule has 2 atom stereocenters. The Morgan fingerprint density at radius 2 is 1.84 bits per heavy atom. The number of nitrogens with zero attached hydrogens (tertiary/aromatic N) is 3. The molecule has 172 valence electrons. The number of rotatable bonds is 5. The van der Waals surface area contributed by atoms with Crippen LogP contribution in [0.2, 0.25) is 0 Å². The van der Waals surface area contributed by atoms with E-state index in [0.29, 0.717) is 25.9 Å². The largest absolute Gasteiger partial charge is 0.419 e. The Bertz CT molecular complexity index is 934. The molecule has 2 aliphatic heterocycles. The van der Waals surface area contributed by atoms with Gasteiger partial charge in [0.2, 0.25) is 5.91 Å². The zero-order valence-electron chi connectivity index (χ0n) is 17.6. The fraction of sp³-hybridized carbons (Fsp3) is 0.478. The van der Waals surface area contributed by atoms with Gasteiger partial charge in [0.15, 0.2) is 0 Å². The van der Waals surface area contributed by atoms with E-state index in [0.717, 1.165) is 31.3 Å². The number of carbonyl (C=O) groups excluding carboxylic acids is 1. The minimum absolute atomic E-state index is 0.108. The fourth-order valence-electron chi connectivity index (χ4n) is 4.53. The van der Waals surface area contributed by atoms with Crippen molar-refractivity contribution in [3.8, 4) is 0 Å². The van der Waals surface area contributed by atoms with E-state index >= 15 is 0 Å². The van der Waals surface area contributed by atoms with E-state index in [4.69, 9.17) is 0 Å². The fourth-order valence-corrected chi connectivity index (χ4v) is 4.53. The summed E-state index contributed by atoms with van der Waals surface area (Å²) < 4.78 is 53.2. The maximum absolute atomic E-state index is 13.4. The smallest absolute Gasteiger partial charge is 0.371 e. The van der Waals surface area contributed by atoms with Crippen LogP contribution < -0.4 is 15.1 Å². The first-order chi connectivity index (χ1) is 15.3. The van der Waals surface area contributed by atoms with Crippen molar-refractivity contribution in [3.05, 3.63) is 54.0 Å². The van der Waals surface area contributed by atoms with Crippen molar-refractivity contribution in [2.75, 3.05) is 42.5 Å². The minimum atomic E-state index is -4.49. The third-order valence-electron chi connectivity index (χ3n) is 6.23. The second kappa shape index (κ2) is 9.34. The van der Waals surface area contributed by atoms with Gasteiger partial charge >= 0.3 is 6.18 Å². The predicted molar refractivity (Wildman–Crippen MR) is 114 cm³/mol. The number of piperidine rings is 1. The molecule has 0 bridgehead atoms. The molecule has 9 heteroatoms. The van der Waals surface area contributed by atoms with Crippen molar-refractivity contribution in [2.45, 2.75) is 25.4 Å². The van der Waals surface area contributed by atoms with Gasteiger partial charge in [-0.2, -0.15) is 13.2 Å². The summed E-state index contributed by atoms with van der Waals surface area (Å²) in [5.74, 6) is -0.605. The van der Waals surface area contributed by atoms with E-state index in [1.807, 2.05) is 0 Å². The van der Waals surface area contributed by atoms with Gasteiger partial charge in [-0.3, -0.25) is 4.79 Å². The van der Waals surface area contributed by atoms with E-state index in [2.05, 4.69) is 15.2 Å². The first-order valence-electron chi connectivity index (χ1n) is 10.9. The Balaban J connectivity index is 1.31. The lowest BCUT2D eigenvalue weighted by Gasteiger charge is -2.34. The highest BCUT2D eigenvalue weighted by Gasteiger charge is 2.37. The van der Waals surface area contributed by atoms with Crippen molar-refractivity contribution in [3.63, 3.8) is 0 Å². The summed E-state index contributed by atoms with van der Waals surface area (Å²) in [5.41, 5.74) is 0.187. The average molecular weight is 450 g/mol. The van der Waals surface area contributed by atoms with Gasteiger partial charge in [0.1, 0.15) is 11.6 Å². The number of hydrogen-bond acceptors (Lipinski definition) is 4. The van der Waals surface area contributed by atoms with Crippen LogP contribution in [0.4, 0.5) is 29.1 Å². The van der Waals surface area contributed by atoms with Crippen molar-refractivity contribution in [1.29, 1.82) is 0 Å². The summed E-state index contributed by atoms with van der Waals surface area (Å²) in [6.07, 6.45) is -0.952. The van der Waals surface area contributed by atoms with Crippen LogP contribution in [-0.4, -0.2) is 43.6 Å². The molecule has 0 spiro atoms. The lowest BCUT2D eigenvalue weighted by atomic mass is 9.96. The van der Waals surface area contributed by atoms with Crippen LogP contribution in [-0.2, 0) is 11.0 Å². The summed E-state index contributed by atoms with van der Waals surface area (Å²) in [5, 5.41) is 3.00. The van der Waals surface area contributed by atoms with E-state index in [1.54, 1.807) is 17.0 Å². The van der Waals surface area contributed by atoms with Gasteiger partial charge in [-0.05, 0) is 61.6 Å². The highest BCUT2D eigenvalue weighted by atomic mass is 19.4. The number of amides is 1. The van der Waals surface area contributed by atoms with Crippen LogP contribution >= 0.6 is 0 Å². The number of aromatic nitrogens is 1. The van der Waals surface area contributed by atoms with Crippen molar-refractivity contribution in [2.24, 2.45) is 11.8 Å². The van der Waals surface area contributed by atoms with Gasteiger partial charge < -0.3 is 15.1 Å². The third-order valence-corrected chi connectivity index (χ3v) is 6.23. The number of halogens is 4. The van der Waals surface area contributed by atoms with Gasteiger partial charge in [0, 0.05) is 44.6 Å². The molecule has 1 aromatic carbocycles. The molecule has 2 saturated heterocycles. The Hall–Kier alpha value is -2.84. The molecule has 2 unspecified atom stereocenters. The van der Waals surface area contributed by atoms with Gasteiger partial charge in [0.05, 0.1) is 11.5 Å². The first kappa shape index (κ1) is 22.4. The molecule has 2 aliphatic rings. The number of carbonyl (C=O) groups is 1. The van der Waals surface area contributed by atoms with Crippen LogP contribution in [0.3, 0.4) is 0 Å². The van der Waals surface area contributed by atoms with Gasteiger partial charge in [0.25, 0.3) is 0 Å². The molecule has 0 saturated carbocycles. The molecular weight excluding hydrogens is 424 g/mol. The Morgan fingerprint density at radius 3 is 2.59 bits per heavy atom. The monoisotopic (exact) mass is 450 g/mol. The summed E-state index contributed by atoms with van der Waals surface area (Å²) in [4.78, 5) is 20.5. The van der Waals surface area contributed by atoms with E-state index in [1.165, 1.54) is 24.4 Å². The molecule has 3 heterocycles. The Labute approximate surface area is 184 Å². The summed E-state index contributed by atoms with van der Waals surface area (Å²) >= 11 is 0. The summed E-state index contributed by atoms with van der Waals surface area (Å²) in [6, 6.07) is 8.67. The van der Waals surface area contributed by atoms with Crippen molar-refractivity contribution in [1.82, 2.24) is 10.3 Å². The maximum Gasteiger partial charge on any atom is 0.419 e.